The minimum Gasteiger partial charge on any atom is -0.484 e. The molecule has 0 atom stereocenters. The minimum atomic E-state index is -3.69. The van der Waals surface area contributed by atoms with Crippen LogP contribution in [0.5, 0.6) is 17.2 Å². The highest BCUT2D eigenvalue weighted by Gasteiger charge is 2.28. The molecule has 8 nitrogen and oxygen atoms in total. The summed E-state index contributed by atoms with van der Waals surface area (Å²) in [7, 11) is -3.69. The van der Waals surface area contributed by atoms with Gasteiger partial charge in [-0.2, -0.15) is 0 Å². The van der Waals surface area contributed by atoms with Crippen molar-refractivity contribution in [2.24, 2.45) is 0 Å². The minimum absolute atomic E-state index is 0.184. The number of anilines is 1. The molecule has 1 N–H and O–H groups in total. The van der Waals surface area contributed by atoms with Crippen molar-refractivity contribution >= 4 is 21.6 Å². The van der Waals surface area contributed by atoms with E-state index < -0.39 is 10.0 Å². The first-order valence-corrected chi connectivity index (χ1v) is 12.4. The number of carbonyl (C=O) groups is 1. The fourth-order valence-electron chi connectivity index (χ4n) is 4.04. The maximum Gasteiger partial charge on any atom is 0.264 e. The predicted molar refractivity (Wildman–Crippen MR) is 126 cm³/mol. The molecule has 0 saturated heterocycles. The quantitative estimate of drug-likeness (QED) is 0.558. The van der Waals surface area contributed by atoms with Crippen molar-refractivity contribution in [3.63, 3.8) is 0 Å². The molecule has 0 radical (unpaired) electrons. The summed E-state index contributed by atoms with van der Waals surface area (Å²) in [6.07, 6.45) is 1.64. The van der Waals surface area contributed by atoms with E-state index in [4.69, 9.17) is 14.2 Å². The summed E-state index contributed by atoms with van der Waals surface area (Å²) in [6.45, 7) is 0.787. The van der Waals surface area contributed by atoms with Crippen LogP contribution in [0.25, 0.3) is 0 Å². The van der Waals surface area contributed by atoms with Crippen molar-refractivity contribution in [2.45, 2.75) is 24.3 Å². The Balaban J connectivity index is 1.17. The van der Waals surface area contributed by atoms with Crippen molar-refractivity contribution in [1.82, 2.24) is 5.32 Å². The van der Waals surface area contributed by atoms with E-state index in [0.29, 0.717) is 30.3 Å². The van der Waals surface area contributed by atoms with Gasteiger partial charge in [0.05, 0.1) is 10.6 Å². The number of hydrogen-bond acceptors (Lipinski definition) is 6. The molecule has 0 fully saturated rings. The number of fused-ring (bicyclic) bond motifs is 2. The molecule has 3 aromatic carbocycles. The van der Waals surface area contributed by atoms with Gasteiger partial charge in [-0.3, -0.25) is 9.10 Å². The van der Waals surface area contributed by atoms with Gasteiger partial charge in [-0.15, -0.1) is 0 Å². The number of nitrogens with zero attached hydrogens (tertiary/aromatic N) is 1. The van der Waals surface area contributed by atoms with Crippen LogP contribution in [0.3, 0.4) is 0 Å². The van der Waals surface area contributed by atoms with Crippen LogP contribution >= 0.6 is 0 Å². The van der Waals surface area contributed by atoms with Gasteiger partial charge in [0, 0.05) is 13.1 Å². The second-order valence-corrected chi connectivity index (χ2v) is 9.90. The third-order valence-corrected chi connectivity index (χ3v) is 7.60. The van der Waals surface area contributed by atoms with Crippen LogP contribution in [0.4, 0.5) is 5.69 Å². The average Bonchev–Trinajstić information content (AvgIpc) is 3.34. The monoisotopic (exact) mass is 480 g/mol. The van der Waals surface area contributed by atoms with Crippen molar-refractivity contribution in [1.29, 1.82) is 0 Å². The molecule has 0 aliphatic carbocycles. The largest absolute Gasteiger partial charge is 0.484 e. The van der Waals surface area contributed by atoms with Crippen molar-refractivity contribution in [3.05, 3.63) is 77.9 Å². The van der Waals surface area contributed by atoms with Crippen LogP contribution in [-0.2, 0) is 27.8 Å². The summed E-state index contributed by atoms with van der Waals surface area (Å²) in [6, 6.07) is 19.2. The molecular formula is C25H24N2O6S. The number of ether oxygens (including phenoxy) is 3. The van der Waals surface area contributed by atoms with Gasteiger partial charge in [-0.05, 0) is 66.4 Å². The zero-order valence-electron chi connectivity index (χ0n) is 18.4. The Bertz CT molecular complexity index is 1310. The Labute approximate surface area is 198 Å². The van der Waals surface area contributed by atoms with Crippen molar-refractivity contribution < 1.29 is 27.4 Å². The molecule has 2 aliphatic rings. The van der Waals surface area contributed by atoms with Gasteiger partial charge in [-0.25, -0.2) is 8.42 Å². The Morgan fingerprint density at radius 1 is 1.00 bits per heavy atom. The molecule has 0 saturated carbocycles. The molecule has 2 heterocycles. The maximum atomic E-state index is 13.2. The molecule has 9 heteroatoms. The molecule has 0 aromatic heterocycles. The lowest BCUT2D eigenvalue weighted by molar-refractivity contribution is -0.123. The van der Waals surface area contributed by atoms with E-state index in [0.717, 1.165) is 29.7 Å². The molecule has 2 aliphatic heterocycles. The Hall–Kier alpha value is -3.72. The molecule has 0 unspecified atom stereocenters. The van der Waals surface area contributed by atoms with E-state index in [-0.39, 0.29) is 24.2 Å². The van der Waals surface area contributed by atoms with Crippen molar-refractivity contribution in [3.8, 4) is 17.2 Å². The maximum absolute atomic E-state index is 13.2. The topological polar surface area (TPSA) is 94.2 Å². The van der Waals surface area contributed by atoms with Crippen LogP contribution in [0.1, 0.15) is 17.5 Å². The number of benzene rings is 3. The van der Waals surface area contributed by atoms with Gasteiger partial charge in [0.2, 0.25) is 6.79 Å². The zero-order valence-corrected chi connectivity index (χ0v) is 19.2. The number of nitrogens with one attached hydrogen (secondary N) is 1. The summed E-state index contributed by atoms with van der Waals surface area (Å²) in [4.78, 5) is 12.4. The predicted octanol–water partition coefficient (Wildman–Crippen LogP) is 3.25. The molecule has 5 rings (SSSR count). The first kappa shape index (κ1) is 22.1. The lowest BCUT2D eigenvalue weighted by Crippen LogP contribution is -2.35. The average molecular weight is 481 g/mol. The Kier molecular flexibility index (Phi) is 6.02. The highest BCUT2D eigenvalue weighted by molar-refractivity contribution is 7.92. The summed E-state index contributed by atoms with van der Waals surface area (Å²) >= 11 is 0. The number of sulfonamides is 1. The van der Waals surface area contributed by atoms with Crippen LogP contribution in [0.15, 0.2) is 71.6 Å². The van der Waals surface area contributed by atoms with E-state index in [1.54, 1.807) is 18.2 Å². The van der Waals surface area contributed by atoms with E-state index in [1.807, 2.05) is 36.4 Å². The third-order valence-electron chi connectivity index (χ3n) is 5.78. The number of hydrogen-bond donors (Lipinski definition) is 1. The molecule has 3 aromatic rings. The standard InChI is InChI=1S/C25H24N2O6S/c28-25(26-15-18-7-12-23-24(14-18)33-17-32-23)16-31-20-8-10-21(11-9-20)34(29,30)27-13-3-5-19-4-1-2-6-22(19)27/h1-2,4,6-12,14H,3,5,13,15-17H2,(H,26,28). The molecule has 0 spiro atoms. The van der Waals surface area contributed by atoms with Crippen molar-refractivity contribution in [2.75, 3.05) is 24.2 Å². The highest BCUT2D eigenvalue weighted by atomic mass is 32.2. The second-order valence-electron chi connectivity index (χ2n) is 8.03. The first-order chi connectivity index (χ1) is 16.5. The Morgan fingerprint density at radius 2 is 1.79 bits per heavy atom. The summed E-state index contributed by atoms with van der Waals surface area (Å²) < 4.78 is 44.1. The molecule has 176 valence electrons. The molecule has 1 amide bonds. The summed E-state index contributed by atoms with van der Waals surface area (Å²) in [5, 5.41) is 2.79. The van der Waals surface area contributed by atoms with Gasteiger partial charge < -0.3 is 19.5 Å². The number of aryl methyl sites for hydroxylation is 1. The van der Waals surface area contributed by atoms with Crippen LogP contribution in [0, 0.1) is 0 Å². The van der Waals surface area contributed by atoms with Gasteiger partial charge in [-0.1, -0.05) is 24.3 Å². The van der Waals surface area contributed by atoms with Gasteiger partial charge >= 0.3 is 0 Å². The van der Waals surface area contributed by atoms with Crippen LogP contribution < -0.4 is 23.8 Å². The SMILES string of the molecule is O=C(COc1ccc(S(=O)(=O)N2CCCc3ccccc32)cc1)NCc1ccc2c(c1)OCO2. The van der Waals surface area contributed by atoms with E-state index in [1.165, 1.54) is 16.4 Å². The normalized spacial score (nSPS) is 14.4. The van der Waals surface area contributed by atoms with Crippen LogP contribution in [-0.4, -0.2) is 34.3 Å². The molecule has 34 heavy (non-hydrogen) atoms. The third kappa shape index (κ3) is 4.51. The van der Waals surface area contributed by atoms with Gasteiger partial charge in [0.15, 0.2) is 18.1 Å². The molecular weight excluding hydrogens is 456 g/mol. The second kappa shape index (κ2) is 9.26. The number of rotatable bonds is 7. The van der Waals surface area contributed by atoms with E-state index >= 15 is 0 Å². The van der Waals surface area contributed by atoms with Gasteiger partial charge in [0.1, 0.15) is 5.75 Å². The van der Waals surface area contributed by atoms with E-state index in [2.05, 4.69) is 5.32 Å². The van der Waals surface area contributed by atoms with Crippen LogP contribution in [0.2, 0.25) is 0 Å². The lowest BCUT2D eigenvalue weighted by Gasteiger charge is -2.30. The number of carbonyl (C=O) groups excluding carboxylic acids is 1. The van der Waals surface area contributed by atoms with Gasteiger partial charge in [0.25, 0.3) is 15.9 Å². The fraction of sp³-hybridized carbons (Fsp3) is 0.240. The summed E-state index contributed by atoms with van der Waals surface area (Å²) in [5.74, 6) is 1.47. The molecule has 0 bridgehead atoms. The first-order valence-electron chi connectivity index (χ1n) is 11.0. The Morgan fingerprint density at radius 3 is 2.65 bits per heavy atom. The zero-order chi connectivity index (χ0) is 23.5. The smallest absolute Gasteiger partial charge is 0.264 e. The lowest BCUT2D eigenvalue weighted by atomic mass is 10.0. The number of amides is 1. The summed E-state index contributed by atoms with van der Waals surface area (Å²) in [5.41, 5.74) is 2.64. The number of para-hydroxylation sites is 1. The fourth-order valence-corrected chi connectivity index (χ4v) is 5.58. The highest BCUT2D eigenvalue weighted by Crippen LogP contribution is 2.33. The van der Waals surface area contributed by atoms with E-state index in [9.17, 15) is 13.2 Å².